The topological polar surface area (TPSA) is 139 Å². The Hall–Kier alpha value is -3.48. The number of nitrogens with two attached hydrogens (primary N) is 1. The van der Waals surface area contributed by atoms with Gasteiger partial charge < -0.3 is 35.5 Å². The van der Waals surface area contributed by atoms with Crippen molar-refractivity contribution in [2.75, 3.05) is 46.5 Å². The van der Waals surface area contributed by atoms with E-state index in [2.05, 4.69) is 15.5 Å². The fourth-order valence-corrected chi connectivity index (χ4v) is 3.75. The number of hydrogen-bond acceptors (Lipinski definition) is 7. The first-order chi connectivity index (χ1) is 18.6. The maximum Gasteiger partial charge on any atom is 0.257 e. The van der Waals surface area contributed by atoms with E-state index in [1.165, 1.54) is 13.2 Å². The number of nitrogen functional groups attached to an aromatic ring is 1. The zero-order valence-electron chi connectivity index (χ0n) is 23.1. The van der Waals surface area contributed by atoms with E-state index in [1.54, 1.807) is 19.1 Å². The average Bonchev–Trinajstić information content (AvgIpc) is 2.92. The molecule has 1 unspecified atom stereocenters. The number of benzene rings is 2. The molecule has 0 radical (unpaired) electrons. The van der Waals surface area contributed by atoms with E-state index in [0.29, 0.717) is 24.2 Å². The summed E-state index contributed by atoms with van der Waals surface area (Å²) >= 11 is 0. The van der Waals surface area contributed by atoms with Crippen molar-refractivity contribution in [1.29, 1.82) is 5.41 Å². The highest BCUT2D eigenvalue weighted by atomic mass is 35.5. The molecule has 0 spiro atoms. The molecule has 0 bridgehead atoms. The highest BCUT2D eigenvalue weighted by Crippen LogP contribution is 2.29. The minimum absolute atomic E-state index is 0. The number of nitrogens with zero attached hydrogens (tertiary/aromatic N) is 1. The minimum Gasteiger partial charge on any atom is -0.497 e. The van der Waals surface area contributed by atoms with Gasteiger partial charge in [-0.3, -0.25) is 15.0 Å². The summed E-state index contributed by atoms with van der Waals surface area (Å²) < 4.78 is 45.3. The number of carbonyl (C=O) groups is 2. The molecule has 2 aromatic rings. The summed E-state index contributed by atoms with van der Waals surface area (Å²) in [5.41, 5.74) is 5.87. The largest absolute Gasteiger partial charge is 0.497 e. The molecule has 40 heavy (non-hydrogen) atoms. The number of likely N-dealkylation sites (N-methyl/N-ethyl adjacent to an activating group) is 1. The first-order valence-corrected chi connectivity index (χ1v) is 12.7. The van der Waals surface area contributed by atoms with Gasteiger partial charge in [-0.25, -0.2) is 8.78 Å². The van der Waals surface area contributed by atoms with Crippen LogP contribution in [0.15, 0.2) is 30.3 Å². The fourth-order valence-electron chi connectivity index (χ4n) is 3.75. The number of carbonyl (C=O) groups excluding carboxylic acids is 2. The highest BCUT2D eigenvalue weighted by molar-refractivity contribution is 5.95. The summed E-state index contributed by atoms with van der Waals surface area (Å²) in [5, 5.41) is 13.1. The van der Waals surface area contributed by atoms with Gasteiger partial charge in [0.05, 0.1) is 12.7 Å². The number of methoxy groups -OCH3 is 1. The van der Waals surface area contributed by atoms with Crippen LogP contribution in [-0.4, -0.2) is 69.1 Å². The SMILES string of the molecule is CCOC(C(=O)NCc1ccc(C(=N)N)cc1OCC(=O)NCCN(CC)CC)c1c(F)cc(OC)cc1F.Cl. The summed E-state index contributed by atoms with van der Waals surface area (Å²) in [7, 11) is 1.27. The van der Waals surface area contributed by atoms with E-state index in [1.807, 2.05) is 13.8 Å². The Balaban J connectivity index is 0.00000800. The Bertz CT molecular complexity index is 1130. The first kappa shape index (κ1) is 34.5. The Morgan fingerprint density at radius 2 is 1.73 bits per heavy atom. The molecule has 2 aromatic carbocycles. The van der Waals surface area contributed by atoms with E-state index < -0.39 is 29.2 Å². The first-order valence-electron chi connectivity index (χ1n) is 12.7. The third kappa shape index (κ3) is 9.92. The molecule has 0 saturated carbocycles. The van der Waals surface area contributed by atoms with Crippen molar-refractivity contribution in [2.45, 2.75) is 33.4 Å². The monoisotopic (exact) mass is 585 g/mol. The molecule has 0 saturated heterocycles. The second kappa shape index (κ2) is 17.3. The predicted molar refractivity (Wildman–Crippen MR) is 150 cm³/mol. The Morgan fingerprint density at radius 1 is 1.07 bits per heavy atom. The van der Waals surface area contributed by atoms with Crippen molar-refractivity contribution in [3.63, 3.8) is 0 Å². The lowest BCUT2D eigenvalue weighted by molar-refractivity contribution is -0.133. The van der Waals surface area contributed by atoms with E-state index >= 15 is 0 Å². The molecule has 0 fully saturated rings. The molecule has 2 rings (SSSR count). The number of halogens is 3. The third-order valence-corrected chi connectivity index (χ3v) is 5.96. The van der Waals surface area contributed by atoms with Crippen LogP contribution < -0.4 is 25.8 Å². The van der Waals surface area contributed by atoms with Gasteiger partial charge in [0.2, 0.25) is 0 Å². The number of hydrogen-bond donors (Lipinski definition) is 4. The quantitative estimate of drug-likeness (QED) is 0.175. The molecular weight excluding hydrogens is 548 g/mol. The molecule has 222 valence electrons. The number of ether oxygens (including phenoxy) is 3. The van der Waals surface area contributed by atoms with E-state index in [4.69, 9.17) is 25.4 Å². The van der Waals surface area contributed by atoms with Crippen LogP contribution in [-0.2, 0) is 20.9 Å². The molecule has 5 N–H and O–H groups in total. The van der Waals surface area contributed by atoms with Gasteiger partial charge in [0.1, 0.15) is 29.0 Å². The second-order valence-electron chi connectivity index (χ2n) is 8.46. The van der Waals surface area contributed by atoms with Gasteiger partial charge in [-0.05, 0) is 26.1 Å². The predicted octanol–water partition coefficient (Wildman–Crippen LogP) is 2.91. The van der Waals surface area contributed by atoms with Gasteiger partial charge in [-0.2, -0.15) is 0 Å². The zero-order valence-corrected chi connectivity index (χ0v) is 24.0. The lowest BCUT2D eigenvalue weighted by Gasteiger charge is -2.20. The summed E-state index contributed by atoms with van der Waals surface area (Å²) in [4.78, 5) is 27.5. The normalized spacial score (nSPS) is 11.4. The summed E-state index contributed by atoms with van der Waals surface area (Å²) in [5.74, 6) is -3.11. The van der Waals surface area contributed by atoms with Crippen molar-refractivity contribution in [3.8, 4) is 11.5 Å². The van der Waals surface area contributed by atoms with Crippen LogP contribution >= 0.6 is 12.4 Å². The molecule has 0 heterocycles. The van der Waals surface area contributed by atoms with E-state index in [9.17, 15) is 18.4 Å². The van der Waals surface area contributed by atoms with Gasteiger partial charge in [0.15, 0.2) is 12.7 Å². The summed E-state index contributed by atoms with van der Waals surface area (Å²) in [6.07, 6.45) is -1.56. The lowest BCUT2D eigenvalue weighted by Crippen LogP contribution is -2.37. The number of nitrogens with one attached hydrogen (secondary N) is 3. The van der Waals surface area contributed by atoms with Crippen LogP contribution in [0.1, 0.15) is 43.6 Å². The molecule has 0 aromatic heterocycles. The maximum absolute atomic E-state index is 14.7. The Kier molecular flexibility index (Phi) is 14.9. The standard InChI is InChI=1S/C27H37F2N5O5.ClH/c1-5-34(6-2)11-10-32-23(35)16-39-22-12-17(26(30)31)8-9-18(22)15-33-27(36)25(38-7-3)24-20(28)13-19(37-4)14-21(24)29;/h8-9,12-14,25H,5-7,10-11,15-16H2,1-4H3,(H3,30,31)(H,32,35)(H,33,36);1H. The number of rotatable bonds is 16. The van der Waals surface area contributed by atoms with Gasteiger partial charge in [-0.1, -0.05) is 26.0 Å². The molecular formula is C27H38ClF2N5O5. The number of amidine groups is 1. The molecule has 2 amide bonds. The van der Waals surface area contributed by atoms with Crippen molar-refractivity contribution in [2.24, 2.45) is 5.73 Å². The third-order valence-electron chi connectivity index (χ3n) is 5.96. The van der Waals surface area contributed by atoms with Crippen LogP contribution in [0.3, 0.4) is 0 Å². The summed E-state index contributed by atoms with van der Waals surface area (Å²) in [6, 6.07) is 6.56. The van der Waals surface area contributed by atoms with Crippen LogP contribution in [0.2, 0.25) is 0 Å². The highest BCUT2D eigenvalue weighted by Gasteiger charge is 2.28. The van der Waals surface area contributed by atoms with E-state index in [0.717, 1.165) is 25.2 Å². The fraction of sp³-hybridized carbons (Fsp3) is 0.444. The Morgan fingerprint density at radius 3 is 2.27 bits per heavy atom. The Labute approximate surface area is 239 Å². The average molecular weight is 586 g/mol. The van der Waals surface area contributed by atoms with Crippen molar-refractivity contribution in [3.05, 3.63) is 58.7 Å². The van der Waals surface area contributed by atoms with Gasteiger partial charge in [0, 0.05) is 49.5 Å². The van der Waals surface area contributed by atoms with Crippen LogP contribution in [0.5, 0.6) is 11.5 Å². The van der Waals surface area contributed by atoms with Gasteiger partial charge >= 0.3 is 0 Å². The van der Waals surface area contributed by atoms with Crippen molar-refractivity contribution < 1.29 is 32.6 Å². The smallest absolute Gasteiger partial charge is 0.257 e. The molecule has 10 nitrogen and oxygen atoms in total. The zero-order chi connectivity index (χ0) is 28.9. The van der Waals surface area contributed by atoms with Gasteiger partial charge in [0.25, 0.3) is 11.8 Å². The molecule has 0 aliphatic carbocycles. The lowest BCUT2D eigenvalue weighted by atomic mass is 10.1. The molecule has 13 heteroatoms. The molecule has 1 atom stereocenters. The van der Waals surface area contributed by atoms with Crippen molar-refractivity contribution in [1.82, 2.24) is 15.5 Å². The van der Waals surface area contributed by atoms with Gasteiger partial charge in [-0.15, -0.1) is 12.4 Å². The minimum atomic E-state index is -1.56. The molecule has 0 aliphatic heterocycles. The van der Waals surface area contributed by atoms with Crippen LogP contribution in [0.25, 0.3) is 0 Å². The maximum atomic E-state index is 14.7. The summed E-state index contributed by atoms with van der Waals surface area (Å²) in [6.45, 7) is 8.18. The van der Waals surface area contributed by atoms with Crippen LogP contribution in [0.4, 0.5) is 8.78 Å². The second-order valence-corrected chi connectivity index (χ2v) is 8.46. The number of amides is 2. The van der Waals surface area contributed by atoms with E-state index in [-0.39, 0.29) is 55.4 Å². The van der Waals surface area contributed by atoms with Crippen molar-refractivity contribution >= 4 is 30.1 Å². The van der Waals surface area contributed by atoms with Crippen LogP contribution in [0, 0.1) is 17.0 Å². The molecule has 0 aliphatic rings.